The number of rotatable bonds is 0. The van der Waals surface area contributed by atoms with Crippen LogP contribution in [0.4, 0.5) is 0 Å². The third-order valence-corrected chi connectivity index (χ3v) is 5.64. The lowest BCUT2D eigenvalue weighted by molar-refractivity contribution is 0.0880. The van der Waals surface area contributed by atoms with Crippen LogP contribution >= 0.6 is 15.9 Å². The minimum absolute atomic E-state index is 0.340. The topological polar surface area (TPSA) is 77.8 Å². The van der Waals surface area contributed by atoms with Gasteiger partial charge >= 0.3 is 0 Å². The molecular formula is C20H10BrN3O2. The number of carbonyl (C=O) groups is 2. The fraction of sp³-hybridized carbons (Fsp3) is 0. The number of hydrogen-bond donors (Lipinski definition) is 3. The number of aromatic nitrogens is 2. The molecule has 6 heteroatoms. The summed E-state index contributed by atoms with van der Waals surface area (Å²) in [5.41, 5.74) is 4.44. The summed E-state index contributed by atoms with van der Waals surface area (Å²) in [4.78, 5) is 32.1. The van der Waals surface area contributed by atoms with E-state index in [1.807, 2.05) is 42.5 Å². The van der Waals surface area contributed by atoms with Crippen LogP contribution in [0, 0.1) is 0 Å². The maximum absolute atomic E-state index is 12.6. The molecule has 0 unspecified atom stereocenters. The molecule has 1 aliphatic rings. The van der Waals surface area contributed by atoms with E-state index < -0.39 is 0 Å². The summed E-state index contributed by atoms with van der Waals surface area (Å²) in [6, 6.07) is 13.7. The average Bonchev–Trinajstić information content (AvgIpc) is 3.25. The van der Waals surface area contributed by atoms with E-state index in [0.717, 1.165) is 48.1 Å². The summed E-state index contributed by atoms with van der Waals surface area (Å²) in [5, 5.41) is 5.90. The Morgan fingerprint density at radius 3 is 2.08 bits per heavy atom. The Labute approximate surface area is 154 Å². The van der Waals surface area contributed by atoms with E-state index in [0.29, 0.717) is 11.1 Å². The molecule has 3 aromatic carbocycles. The second-order valence-corrected chi connectivity index (χ2v) is 7.43. The number of nitrogens with one attached hydrogen (secondary N) is 3. The van der Waals surface area contributed by atoms with Crippen molar-refractivity contribution in [2.24, 2.45) is 0 Å². The van der Waals surface area contributed by atoms with Crippen molar-refractivity contribution >= 4 is 71.4 Å². The van der Waals surface area contributed by atoms with Gasteiger partial charge in [0.25, 0.3) is 11.8 Å². The highest BCUT2D eigenvalue weighted by Gasteiger charge is 2.34. The predicted octanol–water partition coefficient (Wildman–Crippen LogP) is 4.60. The Morgan fingerprint density at radius 2 is 1.35 bits per heavy atom. The highest BCUT2D eigenvalue weighted by Crippen LogP contribution is 2.42. The van der Waals surface area contributed by atoms with Gasteiger partial charge in [-0.25, -0.2) is 0 Å². The molecule has 2 aromatic heterocycles. The minimum Gasteiger partial charge on any atom is -0.353 e. The Bertz CT molecular complexity index is 1460. The van der Waals surface area contributed by atoms with Crippen molar-refractivity contribution < 1.29 is 9.59 Å². The average molecular weight is 404 g/mol. The van der Waals surface area contributed by atoms with Gasteiger partial charge in [-0.2, -0.15) is 0 Å². The van der Waals surface area contributed by atoms with Crippen molar-refractivity contribution in [3.63, 3.8) is 0 Å². The number of benzene rings is 3. The van der Waals surface area contributed by atoms with Gasteiger partial charge in [0, 0.05) is 37.1 Å². The fourth-order valence-corrected chi connectivity index (χ4v) is 4.50. The first kappa shape index (κ1) is 14.1. The van der Waals surface area contributed by atoms with Gasteiger partial charge in [0.05, 0.1) is 22.2 Å². The first-order chi connectivity index (χ1) is 12.6. The number of carbonyl (C=O) groups excluding carboxylic acids is 2. The zero-order valence-corrected chi connectivity index (χ0v) is 14.8. The number of aromatic amines is 2. The van der Waals surface area contributed by atoms with Crippen molar-refractivity contribution in [3.8, 4) is 0 Å². The molecule has 3 N–H and O–H groups in total. The predicted molar refractivity (Wildman–Crippen MR) is 105 cm³/mol. The van der Waals surface area contributed by atoms with Crippen molar-refractivity contribution in [3.05, 3.63) is 58.1 Å². The van der Waals surface area contributed by atoms with E-state index in [4.69, 9.17) is 0 Å². The molecule has 26 heavy (non-hydrogen) atoms. The third kappa shape index (κ3) is 1.55. The van der Waals surface area contributed by atoms with Crippen LogP contribution in [0.15, 0.2) is 46.9 Å². The molecule has 1 aliphatic heterocycles. The molecule has 0 atom stereocenters. The summed E-state index contributed by atoms with van der Waals surface area (Å²) in [5.74, 6) is -0.681. The quantitative estimate of drug-likeness (QED) is 0.330. The molecule has 5 nitrogen and oxygen atoms in total. The Morgan fingerprint density at radius 1 is 0.731 bits per heavy atom. The number of fused-ring (bicyclic) bond motifs is 10. The third-order valence-electron chi connectivity index (χ3n) is 5.15. The number of hydrogen-bond acceptors (Lipinski definition) is 2. The molecule has 0 aliphatic carbocycles. The first-order valence-electron chi connectivity index (χ1n) is 8.16. The van der Waals surface area contributed by atoms with Gasteiger partial charge in [0.15, 0.2) is 0 Å². The van der Waals surface area contributed by atoms with Gasteiger partial charge in [0.1, 0.15) is 0 Å². The van der Waals surface area contributed by atoms with Crippen molar-refractivity contribution in [1.29, 1.82) is 0 Å². The summed E-state index contributed by atoms with van der Waals surface area (Å²) < 4.78 is 0.946. The van der Waals surface area contributed by atoms with E-state index in [1.54, 1.807) is 0 Å². The summed E-state index contributed by atoms with van der Waals surface area (Å²) >= 11 is 3.49. The number of para-hydroxylation sites is 1. The molecule has 0 spiro atoms. The van der Waals surface area contributed by atoms with Gasteiger partial charge in [-0.3, -0.25) is 14.9 Å². The van der Waals surface area contributed by atoms with Gasteiger partial charge in [-0.1, -0.05) is 40.2 Å². The summed E-state index contributed by atoms with van der Waals surface area (Å²) in [6.45, 7) is 0. The maximum atomic E-state index is 12.6. The second kappa shape index (κ2) is 4.53. The van der Waals surface area contributed by atoms with E-state index >= 15 is 0 Å². The number of halogens is 1. The van der Waals surface area contributed by atoms with E-state index in [9.17, 15) is 9.59 Å². The molecule has 0 fully saturated rings. The molecule has 0 bridgehead atoms. The Hall–Kier alpha value is -3.12. The van der Waals surface area contributed by atoms with Crippen LogP contribution in [0.3, 0.4) is 0 Å². The highest BCUT2D eigenvalue weighted by molar-refractivity contribution is 9.10. The van der Waals surface area contributed by atoms with Crippen LogP contribution in [0.5, 0.6) is 0 Å². The van der Waals surface area contributed by atoms with Crippen LogP contribution < -0.4 is 5.32 Å². The Balaban J connectivity index is 2.01. The standard InChI is InChI=1S/C20H10BrN3O2/c21-8-5-6-10-12(7-8)23-18-14(10)16-15(19(25)24-20(16)26)13-9-3-1-2-4-11(9)22-17(13)18/h1-7,22-23H,(H,24,25,26). The first-order valence-corrected chi connectivity index (χ1v) is 8.96. The van der Waals surface area contributed by atoms with Crippen LogP contribution in [-0.2, 0) is 0 Å². The maximum Gasteiger partial charge on any atom is 0.259 e. The molecule has 124 valence electrons. The smallest absolute Gasteiger partial charge is 0.259 e. The zero-order chi connectivity index (χ0) is 17.6. The molecule has 0 saturated carbocycles. The lowest BCUT2D eigenvalue weighted by Crippen LogP contribution is -2.20. The molecule has 0 radical (unpaired) electrons. The van der Waals surface area contributed by atoms with Crippen LogP contribution in [0.2, 0.25) is 0 Å². The van der Waals surface area contributed by atoms with Gasteiger partial charge in [-0.15, -0.1) is 0 Å². The SMILES string of the molecule is O=C1NC(=O)c2c1c1c3ccccc3[nH]c1c1[nH]c3cc(Br)ccc3c21. The van der Waals surface area contributed by atoms with Crippen LogP contribution in [-0.4, -0.2) is 21.8 Å². The Kier molecular flexibility index (Phi) is 2.46. The summed E-state index contributed by atoms with van der Waals surface area (Å²) in [6.07, 6.45) is 0. The highest BCUT2D eigenvalue weighted by atomic mass is 79.9. The molecule has 0 saturated heterocycles. The van der Waals surface area contributed by atoms with Gasteiger partial charge in [0.2, 0.25) is 0 Å². The van der Waals surface area contributed by atoms with Gasteiger partial charge < -0.3 is 9.97 Å². The number of H-pyrrole nitrogens is 2. The molecule has 6 rings (SSSR count). The van der Waals surface area contributed by atoms with Crippen molar-refractivity contribution in [1.82, 2.24) is 15.3 Å². The largest absolute Gasteiger partial charge is 0.353 e. The number of amides is 2. The zero-order valence-electron chi connectivity index (χ0n) is 13.2. The number of imide groups is 1. The lowest BCUT2D eigenvalue weighted by Gasteiger charge is -2.02. The summed E-state index contributed by atoms with van der Waals surface area (Å²) in [7, 11) is 0. The monoisotopic (exact) mass is 403 g/mol. The van der Waals surface area contributed by atoms with E-state index in [-0.39, 0.29) is 11.8 Å². The molecule has 5 aromatic rings. The fourth-order valence-electron chi connectivity index (χ4n) is 4.14. The van der Waals surface area contributed by atoms with Crippen LogP contribution in [0.25, 0.3) is 43.6 Å². The molecule has 2 amide bonds. The lowest BCUT2D eigenvalue weighted by atomic mass is 9.97. The van der Waals surface area contributed by atoms with Crippen molar-refractivity contribution in [2.75, 3.05) is 0 Å². The van der Waals surface area contributed by atoms with Crippen molar-refractivity contribution in [2.45, 2.75) is 0 Å². The van der Waals surface area contributed by atoms with E-state index in [2.05, 4.69) is 31.2 Å². The second-order valence-electron chi connectivity index (χ2n) is 6.52. The van der Waals surface area contributed by atoms with Gasteiger partial charge in [-0.05, 0) is 18.2 Å². The van der Waals surface area contributed by atoms with E-state index in [1.165, 1.54) is 0 Å². The minimum atomic E-state index is -0.342. The normalized spacial score (nSPS) is 14.0. The van der Waals surface area contributed by atoms with Crippen LogP contribution in [0.1, 0.15) is 20.7 Å². The molecule has 3 heterocycles. The molecular weight excluding hydrogens is 394 g/mol.